The third-order valence-corrected chi connectivity index (χ3v) is 5.62. The van der Waals surface area contributed by atoms with Crippen molar-refractivity contribution in [2.45, 2.75) is 64.2 Å². The Morgan fingerprint density at radius 3 is 2.58 bits per heavy atom. The predicted octanol–water partition coefficient (Wildman–Crippen LogP) is 4.01. The summed E-state index contributed by atoms with van der Waals surface area (Å²) >= 11 is 1.51. The molecule has 1 aliphatic rings. The lowest BCUT2D eigenvalue weighted by Crippen LogP contribution is -2.32. The van der Waals surface area contributed by atoms with E-state index in [1.807, 2.05) is 4.90 Å². The van der Waals surface area contributed by atoms with Gasteiger partial charge >= 0.3 is 0 Å². The van der Waals surface area contributed by atoms with Crippen molar-refractivity contribution in [2.75, 3.05) is 12.3 Å². The molecule has 26 heavy (non-hydrogen) atoms. The number of nitrogens with zero attached hydrogens (tertiary/aromatic N) is 4. The summed E-state index contributed by atoms with van der Waals surface area (Å²) in [6, 6.07) is 8.41. The van der Waals surface area contributed by atoms with Crippen LogP contribution in [0.1, 0.15) is 56.0 Å². The molecule has 0 bridgehead atoms. The molecule has 0 aliphatic heterocycles. The molecule has 0 saturated heterocycles. The van der Waals surface area contributed by atoms with E-state index in [-0.39, 0.29) is 5.91 Å². The Labute approximate surface area is 160 Å². The van der Waals surface area contributed by atoms with Crippen molar-refractivity contribution < 1.29 is 4.79 Å². The van der Waals surface area contributed by atoms with Crippen LogP contribution in [0, 0.1) is 6.92 Å². The average molecular weight is 373 g/mol. The first-order valence-electron chi connectivity index (χ1n) is 9.51. The molecular formula is C20H28N4OS. The van der Waals surface area contributed by atoms with Gasteiger partial charge in [-0.2, -0.15) is 0 Å². The molecule has 5 nitrogen and oxygen atoms in total. The number of aryl methyl sites for hydroxylation is 1. The van der Waals surface area contributed by atoms with Crippen molar-refractivity contribution in [1.29, 1.82) is 0 Å². The Kier molecular flexibility index (Phi) is 6.35. The van der Waals surface area contributed by atoms with Crippen molar-refractivity contribution >= 4 is 17.7 Å². The third-order valence-electron chi connectivity index (χ3n) is 4.67. The van der Waals surface area contributed by atoms with Gasteiger partial charge in [0, 0.05) is 25.6 Å². The van der Waals surface area contributed by atoms with Gasteiger partial charge in [0.2, 0.25) is 5.91 Å². The van der Waals surface area contributed by atoms with E-state index in [1.165, 1.54) is 35.7 Å². The molecule has 1 fully saturated rings. The fourth-order valence-corrected chi connectivity index (χ4v) is 3.95. The van der Waals surface area contributed by atoms with Crippen molar-refractivity contribution in [3.63, 3.8) is 0 Å². The highest BCUT2D eigenvalue weighted by atomic mass is 32.2. The van der Waals surface area contributed by atoms with E-state index < -0.39 is 0 Å². The molecule has 140 valence electrons. The minimum atomic E-state index is 0.163. The first-order valence-corrected chi connectivity index (χ1v) is 10.5. The summed E-state index contributed by atoms with van der Waals surface area (Å²) in [6.07, 6.45) is 3.38. The highest BCUT2D eigenvalue weighted by Crippen LogP contribution is 2.40. The maximum absolute atomic E-state index is 12.8. The zero-order valence-electron chi connectivity index (χ0n) is 15.9. The number of hydrogen-bond donors (Lipinski definition) is 0. The fourth-order valence-electron chi connectivity index (χ4n) is 3.04. The molecule has 1 aromatic heterocycles. The number of benzene rings is 1. The van der Waals surface area contributed by atoms with Crippen LogP contribution in [0.5, 0.6) is 0 Å². The molecule has 6 heteroatoms. The Hall–Kier alpha value is -1.82. The van der Waals surface area contributed by atoms with Gasteiger partial charge in [0.05, 0.1) is 5.75 Å². The van der Waals surface area contributed by atoms with E-state index >= 15 is 0 Å². The van der Waals surface area contributed by atoms with E-state index in [1.54, 1.807) is 0 Å². The van der Waals surface area contributed by atoms with Crippen molar-refractivity contribution in [1.82, 2.24) is 19.7 Å². The van der Waals surface area contributed by atoms with Crippen LogP contribution in [0.4, 0.5) is 0 Å². The molecular weight excluding hydrogens is 344 g/mol. The lowest BCUT2D eigenvalue weighted by molar-refractivity contribution is -0.129. The minimum absolute atomic E-state index is 0.163. The van der Waals surface area contributed by atoms with Crippen molar-refractivity contribution in [3.05, 3.63) is 41.2 Å². The van der Waals surface area contributed by atoms with E-state index in [2.05, 4.69) is 59.8 Å². The maximum Gasteiger partial charge on any atom is 0.233 e. The van der Waals surface area contributed by atoms with Crippen LogP contribution in [-0.2, 0) is 17.9 Å². The maximum atomic E-state index is 12.8. The van der Waals surface area contributed by atoms with Gasteiger partial charge in [0.25, 0.3) is 0 Å². The van der Waals surface area contributed by atoms with Gasteiger partial charge in [0.1, 0.15) is 5.82 Å². The standard InChI is InChI=1S/C20H28N4OS/c1-4-12-23(13-16-8-6-15(3)7-9-16)18(25)14-26-20-22-21-19(17-10-11-17)24(20)5-2/h6-9,17H,4-5,10-14H2,1-3H3. The van der Waals surface area contributed by atoms with E-state index in [0.29, 0.717) is 18.2 Å². The zero-order valence-corrected chi connectivity index (χ0v) is 16.8. The van der Waals surface area contributed by atoms with E-state index in [0.717, 1.165) is 30.5 Å². The minimum Gasteiger partial charge on any atom is -0.338 e. The predicted molar refractivity (Wildman–Crippen MR) is 105 cm³/mol. The second-order valence-electron chi connectivity index (χ2n) is 6.95. The number of amides is 1. The number of hydrogen-bond acceptors (Lipinski definition) is 4. The normalized spacial score (nSPS) is 13.8. The number of thioether (sulfide) groups is 1. The summed E-state index contributed by atoms with van der Waals surface area (Å²) in [6.45, 7) is 8.61. The molecule has 0 spiro atoms. The molecule has 0 atom stereocenters. The highest BCUT2D eigenvalue weighted by Gasteiger charge is 2.30. The SMILES string of the molecule is CCCN(Cc1ccc(C)cc1)C(=O)CSc1nnc(C2CC2)n1CC. The van der Waals surface area contributed by atoms with Gasteiger partial charge in [-0.05, 0) is 38.7 Å². The van der Waals surface area contributed by atoms with Gasteiger partial charge in [0.15, 0.2) is 5.16 Å². The Bertz CT molecular complexity index is 737. The monoisotopic (exact) mass is 372 g/mol. The van der Waals surface area contributed by atoms with Gasteiger partial charge in [-0.3, -0.25) is 4.79 Å². The molecule has 0 radical (unpaired) electrons. The number of aromatic nitrogens is 3. The summed E-state index contributed by atoms with van der Waals surface area (Å²) in [5.41, 5.74) is 2.41. The molecule has 3 rings (SSSR count). The van der Waals surface area contributed by atoms with Crippen LogP contribution < -0.4 is 0 Å². The van der Waals surface area contributed by atoms with Crippen LogP contribution in [-0.4, -0.2) is 37.9 Å². The molecule has 1 amide bonds. The lowest BCUT2D eigenvalue weighted by atomic mass is 10.1. The van der Waals surface area contributed by atoms with Gasteiger partial charge in [-0.15, -0.1) is 10.2 Å². The van der Waals surface area contributed by atoms with E-state index in [9.17, 15) is 4.79 Å². The van der Waals surface area contributed by atoms with Crippen LogP contribution >= 0.6 is 11.8 Å². The van der Waals surface area contributed by atoms with Crippen LogP contribution in [0.25, 0.3) is 0 Å². The molecule has 1 aromatic carbocycles. The molecule has 0 N–H and O–H groups in total. The molecule has 1 heterocycles. The summed E-state index contributed by atoms with van der Waals surface area (Å²) in [4.78, 5) is 14.7. The van der Waals surface area contributed by atoms with Crippen LogP contribution in [0.15, 0.2) is 29.4 Å². The smallest absolute Gasteiger partial charge is 0.233 e. The summed E-state index contributed by atoms with van der Waals surface area (Å²) in [7, 11) is 0. The Balaban J connectivity index is 1.61. The average Bonchev–Trinajstić information content (AvgIpc) is 3.41. The summed E-state index contributed by atoms with van der Waals surface area (Å²) in [5.74, 6) is 2.24. The van der Waals surface area contributed by atoms with Crippen LogP contribution in [0.2, 0.25) is 0 Å². The third kappa shape index (κ3) is 4.67. The first-order chi connectivity index (χ1) is 12.6. The van der Waals surface area contributed by atoms with E-state index in [4.69, 9.17) is 0 Å². The second-order valence-corrected chi connectivity index (χ2v) is 7.89. The van der Waals surface area contributed by atoms with Crippen LogP contribution in [0.3, 0.4) is 0 Å². The highest BCUT2D eigenvalue weighted by molar-refractivity contribution is 7.99. The Morgan fingerprint density at radius 2 is 1.96 bits per heavy atom. The molecule has 1 aliphatic carbocycles. The topological polar surface area (TPSA) is 51.0 Å². The largest absolute Gasteiger partial charge is 0.338 e. The van der Waals surface area contributed by atoms with Crippen molar-refractivity contribution in [2.24, 2.45) is 0 Å². The number of carbonyl (C=O) groups is 1. The zero-order chi connectivity index (χ0) is 18.5. The molecule has 2 aromatic rings. The number of rotatable bonds is 9. The quantitative estimate of drug-likeness (QED) is 0.624. The summed E-state index contributed by atoms with van der Waals surface area (Å²) < 4.78 is 2.17. The fraction of sp³-hybridized carbons (Fsp3) is 0.550. The van der Waals surface area contributed by atoms with Gasteiger partial charge in [-0.1, -0.05) is 48.5 Å². The number of carbonyl (C=O) groups excluding carboxylic acids is 1. The Morgan fingerprint density at radius 1 is 1.23 bits per heavy atom. The second kappa shape index (κ2) is 8.71. The molecule has 1 saturated carbocycles. The first kappa shape index (κ1) is 19.0. The van der Waals surface area contributed by atoms with Crippen molar-refractivity contribution in [3.8, 4) is 0 Å². The molecule has 0 unspecified atom stereocenters. The van der Waals surface area contributed by atoms with Gasteiger partial charge < -0.3 is 9.47 Å². The van der Waals surface area contributed by atoms with Gasteiger partial charge in [-0.25, -0.2) is 0 Å². The lowest BCUT2D eigenvalue weighted by Gasteiger charge is -2.22. The summed E-state index contributed by atoms with van der Waals surface area (Å²) in [5, 5.41) is 9.55.